The van der Waals surface area contributed by atoms with Crippen LogP contribution in [-0.4, -0.2) is 19.1 Å². The minimum Gasteiger partial charge on any atom is -0.284 e. The van der Waals surface area contributed by atoms with Gasteiger partial charge in [0.2, 0.25) is 0 Å². The molecule has 0 atom stereocenters. The number of nitrogens with zero attached hydrogens (tertiary/aromatic N) is 3. The molecule has 1 aliphatic heterocycles. The van der Waals surface area contributed by atoms with Crippen LogP contribution in [0.15, 0.2) is 60.0 Å². The molecule has 1 aliphatic rings. The molecule has 0 aliphatic carbocycles. The van der Waals surface area contributed by atoms with Crippen LogP contribution in [-0.2, 0) is 6.54 Å². The molecule has 4 rings (SSSR count). The van der Waals surface area contributed by atoms with Gasteiger partial charge in [-0.15, -0.1) is 0 Å². The molecule has 3 aromatic rings. The topological polar surface area (TPSA) is 33.1 Å². The average molecular weight is 312 g/mol. The minimum atomic E-state index is 0.622. The Kier molecular flexibility index (Phi) is 3.14. The highest BCUT2D eigenvalue weighted by Crippen LogP contribution is 2.38. The maximum absolute atomic E-state index is 5.37. The fraction of sp³-hybridized carbons (Fsp3) is 0.0667. The number of benzene rings is 2. The van der Waals surface area contributed by atoms with Crippen molar-refractivity contribution in [2.75, 3.05) is 0 Å². The summed E-state index contributed by atoms with van der Waals surface area (Å²) in [6, 6.07) is 12.8. The van der Waals surface area contributed by atoms with Crippen molar-refractivity contribution in [3.05, 3.63) is 60.7 Å². The predicted molar refractivity (Wildman–Crippen MR) is 88.7 cm³/mol. The van der Waals surface area contributed by atoms with Gasteiger partial charge >= 0.3 is 0 Å². The third-order valence-electron chi connectivity index (χ3n) is 3.47. The molecule has 0 radical (unpaired) electrons. The zero-order chi connectivity index (χ0) is 14.2. The van der Waals surface area contributed by atoms with Crippen molar-refractivity contribution in [2.45, 2.75) is 11.4 Å². The molecule has 104 valence electrons. The third kappa shape index (κ3) is 2.31. The summed E-state index contributed by atoms with van der Waals surface area (Å²) in [5.41, 5.74) is 4.59. The average Bonchev–Trinajstić information content (AvgIpc) is 3.16. The van der Waals surface area contributed by atoms with E-state index in [0.29, 0.717) is 5.11 Å². The van der Waals surface area contributed by atoms with E-state index in [1.165, 1.54) is 21.2 Å². The molecule has 4 nitrogen and oxygen atoms in total. The highest BCUT2D eigenvalue weighted by molar-refractivity contribution is 7.97. The van der Waals surface area contributed by atoms with Gasteiger partial charge in [0.1, 0.15) is 6.33 Å². The van der Waals surface area contributed by atoms with Gasteiger partial charge in [0.15, 0.2) is 5.11 Å². The molecule has 1 aromatic heterocycles. The lowest BCUT2D eigenvalue weighted by molar-refractivity contribution is 0.434. The number of rotatable bonds is 1. The van der Waals surface area contributed by atoms with Gasteiger partial charge < -0.3 is 0 Å². The molecule has 2 aromatic carbocycles. The van der Waals surface area contributed by atoms with Crippen LogP contribution in [0.2, 0.25) is 0 Å². The van der Waals surface area contributed by atoms with E-state index >= 15 is 0 Å². The summed E-state index contributed by atoms with van der Waals surface area (Å²) in [4.78, 5) is 5.28. The zero-order valence-corrected chi connectivity index (χ0v) is 12.7. The van der Waals surface area contributed by atoms with Crippen molar-refractivity contribution >= 4 is 40.1 Å². The van der Waals surface area contributed by atoms with Gasteiger partial charge in [-0.25, -0.2) is 4.98 Å². The van der Waals surface area contributed by atoms with Gasteiger partial charge in [-0.1, -0.05) is 30.3 Å². The second kappa shape index (κ2) is 5.14. The summed E-state index contributed by atoms with van der Waals surface area (Å²) in [7, 11) is 0. The predicted octanol–water partition coefficient (Wildman–Crippen LogP) is 3.20. The van der Waals surface area contributed by atoms with Crippen molar-refractivity contribution in [2.24, 2.45) is 0 Å². The summed E-state index contributed by atoms with van der Waals surface area (Å²) in [5.74, 6) is 0. The molecular formula is C15H12N4S2. The highest BCUT2D eigenvalue weighted by Gasteiger charge is 2.22. The molecule has 2 heterocycles. The van der Waals surface area contributed by atoms with Gasteiger partial charge in [-0.2, -0.15) is 4.41 Å². The largest absolute Gasteiger partial charge is 0.284 e. The maximum atomic E-state index is 5.37. The second-order valence-corrected chi connectivity index (χ2v) is 6.23. The first-order chi connectivity index (χ1) is 10.3. The number of hydrogen-bond acceptors (Lipinski definition) is 4. The minimum absolute atomic E-state index is 0.622. The van der Waals surface area contributed by atoms with Crippen LogP contribution in [0.25, 0.3) is 10.8 Å². The van der Waals surface area contributed by atoms with Gasteiger partial charge in [-0.05, 0) is 46.6 Å². The Morgan fingerprint density at radius 2 is 2.14 bits per heavy atom. The summed E-state index contributed by atoms with van der Waals surface area (Å²) in [6.07, 6.45) is 5.24. The first kappa shape index (κ1) is 12.8. The van der Waals surface area contributed by atoms with E-state index in [4.69, 9.17) is 12.2 Å². The maximum Gasteiger partial charge on any atom is 0.193 e. The normalized spacial score (nSPS) is 14.3. The fourth-order valence-corrected chi connectivity index (χ4v) is 3.72. The van der Waals surface area contributed by atoms with Gasteiger partial charge in [-0.3, -0.25) is 9.99 Å². The second-order valence-electron chi connectivity index (χ2n) is 4.78. The highest BCUT2D eigenvalue weighted by atomic mass is 32.2. The first-order valence-electron chi connectivity index (χ1n) is 6.56. The van der Waals surface area contributed by atoms with E-state index in [-0.39, 0.29) is 0 Å². The summed E-state index contributed by atoms with van der Waals surface area (Å²) in [6.45, 7) is 0.816. The van der Waals surface area contributed by atoms with Crippen LogP contribution >= 0.6 is 24.2 Å². The Labute approximate surface area is 131 Å². The number of imidazole rings is 1. The molecule has 1 N–H and O–H groups in total. The molecule has 0 fully saturated rings. The number of aromatic nitrogens is 2. The number of hydrazine groups is 1. The van der Waals surface area contributed by atoms with E-state index in [1.807, 2.05) is 6.20 Å². The van der Waals surface area contributed by atoms with Gasteiger partial charge in [0, 0.05) is 17.3 Å². The van der Waals surface area contributed by atoms with E-state index in [1.54, 1.807) is 29.0 Å². The smallest absolute Gasteiger partial charge is 0.193 e. The number of thiocarbonyl (C=S) groups is 1. The molecule has 0 spiro atoms. The first-order valence-corrected chi connectivity index (χ1v) is 7.74. The zero-order valence-electron chi connectivity index (χ0n) is 11.1. The van der Waals surface area contributed by atoms with Crippen LogP contribution in [0.4, 0.5) is 0 Å². The monoisotopic (exact) mass is 312 g/mol. The Balaban J connectivity index is 1.59. The lowest BCUT2D eigenvalue weighted by Gasteiger charge is -2.17. The summed E-state index contributed by atoms with van der Waals surface area (Å²) in [5, 5.41) is 3.20. The number of fused-ring (bicyclic) bond motifs is 3. The third-order valence-corrected chi connectivity index (χ3v) is 4.79. The van der Waals surface area contributed by atoms with Crippen molar-refractivity contribution in [1.82, 2.24) is 19.4 Å². The Hall–Kier alpha value is -1.89. The van der Waals surface area contributed by atoms with Crippen LogP contribution in [0.3, 0.4) is 0 Å². The molecular weight excluding hydrogens is 300 g/mol. The molecule has 0 bridgehead atoms. The summed E-state index contributed by atoms with van der Waals surface area (Å²) < 4.78 is 3.84. The van der Waals surface area contributed by atoms with Crippen LogP contribution < -0.4 is 5.43 Å². The Morgan fingerprint density at radius 3 is 3.00 bits per heavy atom. The van der Waals surface area contributed by atoms with Gasteiger partial charge in [0.25, 0.3) is 0 Å². The van der Waals surface area contributed by atoms with E-state index in [2.05, 4.69) is 51.2 Å². The van der Waals surface area contributed by atoms with E-state index in [9.17, 15) is 0 Å². The Bertz CT molecular complexity index is 814. The number of nitrogens with one attached hydrogen (secondary N) is 1. The standard InChI is InChI=1S/C15H12N4S2/c20-15(18-8-7-16-10-18)17-19-9-13-12-4-2-1-3-11(12)5-6-14(13)21-19/h1-8,10H,9H2,(H,17,20). The molecule has 0 saturated carbocycles. The molecule has 0 unspecified atom stereocenters. The van der Waals surface area contributed by atoms with Gasteiger partial charge in [0.05, 0.1) is 6.54 Å². The SMILES string of the molecule is S=C(NN1Cc2c(ccc3ccccc23)S1)n1ccnc1. The van der Waals surface area contributed by atoms with Crippen molar-refractivity contribution in [1.29, 1.82) is 0 Å². The fourth-order valence-electron chi connectivity index (χ4n) is 2.47. The molecule has 0 amide bonds. The van der Waals surface area contributed by atoms with Crippen LogP contribution in [0, 0.1) is 0 Å². The quantitative estimate of drug-likeness (QED) is 0.551. The van der Waals surface area contributed by atoms with Crippen molar-refractivity contribution in [3.63, 3.8) is 0 Å². The summed E-state index contributed by atoms with van der Waals surface area (Å²) >= 11 is 7.05. The van der Waals surface area contributed by atoms with Crippen LogP contribution in [0.5, 0.6) is 0 Å². The number of hydrogen-bond donors (Lipinski definition) is 1. The van der Waals surface area contributed by atoms with E-state index in [0.717, 1.165) is 6.54 Å². The lowest BCUT2D eigenvalue weighted by Crippen LogP contribution is -2.37. The Morgan fingerprint density at radius 1 is 1.24 bits per heavy atom. The molecule has 21 heavy (non-hydrogen) atoms. The lowest BCUT2D eigenvalue weighted by atomic mass is 10.0. The van der Waals surface area contributed by atoms with E-state index < -0.39 is 0 Å². The molecule has 0 saturated heterocycles. The molecule has 6 heteroatoms. The van der Waals surface area contributed by atoms with Crippen molar-refractivity contribution in [3.8, 4) is 0 Å². The van der Waals surface area contributed by atoms with Crippen LogP contribution in [0.1, 0.15) is 5.56 Å². The van der Waals surface area contributed by atoms with Crippen molar-refractivity contribution < 1.29 is 0 Å².